The van der Waals surface area contributed by atoms with Crippen molar-refractivity contribution in [2.45, 2.75) is 19.8 Å². The molecule has 68 valence electrons. The van der Waals surface area contributed by atoms with Crippen LogP contribution in [0.2, 0.25) is 5.15 Å². The van der Waals surface area contributed by atoms with Gasteiger partial charge in [0.15, 0.2) is 10.7 Å². The summed E-state index contributed by atoms with van der Waals surface area (Å²) < 4.78 is 0. The van der Waals surface area contributed by atoms with Gasteiger partial charge >= 0.3 is 0 Å². The summed E-state index contributed by atoms with van der Waals surface area (Å²) in [5.74, 6) is 0.576. The Morgan fingerprint density at radius 2 is 2.23 bits per heavy atom. The van der Waals surface area contributed by atoms with Gasteiger partial charge in [0, 0.05) is 5.92 Å². The highest BCUT2D eigenvalue weighted by molar-refractivity contribution is 6.30. The van der Waals surface area contributed by atoms with E-state index in [9.17, 15) is 4.79 Å². The van der Waals surface area contributed by atoms with Crippen LogP contribution in [0, 0.1) is 11.3 Å². The molecule has 0 aliphatic rings. The third kappa shape index (κ3) is 1.87. The molecule has 4 nitrogen and oxygen atoms in total. The highest BCUT2D eigenvalue weighted by Gasteiger charge is 2.10. The van der Waals surface area contributed by atoms with Crippen LogP contribution < -0.4 is 5.56 Å². The molecule has 1 N–H and O–H groups in total. The first-order valence-electron chi connectivity index (χ1n) is 3.76. The average Bonchev–Trinajstić information content (AvgIpc) is 2.03. The van der Waals surface area contributed by atoms with Gasteiger partial charge < -0.3 is 4.98 Å². The van der Waals surface area contributed by atoms with Crippen LogP contribution in [0.25, 0.3) is 0 Å². The molecular weight excluding hydrogens is 190 g/mol. The van der Waals surface area contributed by atoms with Crippen molar-refractivity contribution in [3.63, 3.8) is 0 Å². The van der Waals surface area contributed by atoms with Gasteiger partial charge in [0.25, 0.3) is 5.56 Å². The number of nitrogens with zero attached hydrogens (tertiary/aromatic N) is 2. The second-order valence-electron chi connectivity index (χ2n) is 2.88. The lowest BCUT2D eigenvalue weighted by Crippen LogP contribution is -2.16. The lowest BCUT2D eigenvalue weighted by molar-refractivity contribution is 0.765. The van der Waals surface area contributed by atoms with Gasteiger partial charge in [-0.3, -0.25) is 4.79 Å². The van der Waals surface area contributed by atoms with Crippen molar-refractivity contribution in [3.05, 3.63) is 26.9 Å². The van der Waals surface area contributed by atoms with E-state index in [0.29, 0.717) is 5.82 Å². The predicted octanol–water partition coefficient (Wildman–Crippen LogP) is 1.42. The van der Waals surface area contributed by atoms with Gasteiger partial charge in [-0.2, -0.15) is 5.26 Å². The molecule has 0 aromatic carbocycles. The Morgan fingerprint density at radius 3 is 2.62 bits per heavy atom. The van der Waals surface area contributed by atoms with Crippen molar-refractivity contribution < 1.29 is 0 Å². The fourth-order valence-corrected chi connectivity index (χ4v) is 1.05. The monoisotopic (exact) mass is 197 g/mol. The SMILES string of the molecule is CC(C)c1nc(Cl)c(C#N)c(=O)[nH]1. The number of nitrogens with one attached hydrogen (secondary N) is 1. The molecule has 0 aliphatic carbocycles. The van der Waals surface area contributed by atoms with E-state index >= 15 is 0 Å². The minimum atomic E-state index is -0.480. The zero-order chi connectivity index (χ0) is 10.0. The van der Waals surface area contributed by atoms with E-state index < -0.39 is 5.56 Å². The van der Waals surface area contributed by atoms with Crippen LogP contribution in [0.5, 0.6) is 0 Å². The maximum atomic E-state index is 11.2. The largest absolute Gasteiger partial charge is 0.309 e. The zero-order valence-electron chi connectivity index (χ0n) is 7.26. The summed E-state index contributed by atoms with van der Waals surface area (Å²) in [5.41, 5.74) is -0.614. The normalized spacial score (nSPS) is 10.1. The van der Waals surface area contributed by atoms with Crippen LogP contribution in [0.1, 0.15) is 31.2 Å². The fraction of sp³-hybridized carbons (Fsp3) is 0.375. The Kier molecular flexibility index (Phi) is 2.69. The van der Waals surface area contributed by atoms with Crippen LogP contribution >= 0.6 is 11.6 Å². The molecule has 0 aliphatic heterocycles. The van der Waals surface area contributed by atoms with E-state index in [1.165, 1.54) is 0 Å². The summed E-state index contributed by atoms with van der Waals surface area (Å²) in [7, 11) is 0. The van der Waals surface area contributed by atoms with Gasteiger partial charge in [-0.15, -0.1) is 0 Å². The first kappa shape index (κ1) is 9.75. The lowest BCUT2D eigenvalue weighted by atomic mass is 10.2. The minimum absolute atomic E-state index is 0.0325. The number of rotatable bonds is 1. The fourth-order valence-electron chi connectivity index (χ4n) is 0.832. The summed E-state index contributed by atoms with van der Waals surface area (Å²) >= 11 is 5.63. The van der Waals surface area contributed by atoms with Crippen LogP contribution in [0.15, 0.2) is 4.79 Å². The summed E-state index contributed by atoms with van der Waals surface area (Å²) in [5, 5.41) is 8.50. The van der Waals surface area contributed by atoms with E-state index in [2.05, 4.69) is 9.97 Å². The molecule has 1 heterocycles. The number of hydrogen-bond donors (Lipinski definition) is 1. The van der Waals surface area contributed by atoms with E-state index in [1.807, 2.05) is 13.8 Å². The van der Waals surface area contributed by atoms with E-state index in [0.717, 1.165) is 0 Å². The molecule has 13 heavy (non-hydrogen) atoms. The summed E-state index contributed by atoms with van der Waals surface area (Å²) in [6.45, 7) is 3.75. The van der Waals surface area contributed by atoms with E-state index in [1.54, 1.807) is 6.07 Å². The number of H-pyrrole nitrogens is 1. The predicted molar refractivity (Wildman–Crippen MR) is 48.7 cm³/mol. The molecule has 0 fully saturated rings. The van der Waals surface area contributed by atoms with Crippen LogP contribution in [0.4, 0.5) is 0 Å². The van der Waals surface area contributed by atoms with E-state index in [4.69, 9.17) is 16.9 Å². The topological polar surface area (TPSA) is 69.5 Å². The summed E-state index contributed by atoms with van der Waals surface area (Å²) in [6.07, 6.45) is 0. The number of halogens is 1. The highest BCUT2D eigenvalue weighted by Crippen LogP contribution is 2.12. The molecule has 1 aromatic heterocycles. The van der Waals surface area contributed by atoms with Gasteiger partial charge in [0.05, 0.1) is 0 Å². The molecule has 0 radical (unpaired) electrons. The third-order valence-electron chi connectivity index (χ3n) is 1.55. The van der Waals surface area contributed by atoms with Gasteiger partial charge in [-0.05, 0) is 0 Å². The number of aromatic nitrogens is 2. The average molecular weight is 198 g/mol. The molecule has 1 aromatic rings. The van der Waals surface area contributed by atoms with Crippen molar-refractivity contribution in [2.24, 2.45) is 0 Å². The van der Waals surface area contributed by atoms with Crippen molar-refractivity contribution in [1.82, 2.24) is 9.97 Å². The Labute approximate surface area is 80.2 Å². The van der Waals surface area contributed by atoms with Crippen molar-refractivity contribution in [2.75, 3.05) is 0 Å². The highest BCUT2D eigenvalue weighted by atomic mass is 35.5. The number of hydrogen-bond acceptors (Lipinski definition) is 3. The zero-order valence-corrected chi connectivity index (χ0v) is 8.01. The second kappa shape index (κ2) is 3.58. The number of aromatic amines is 1. The standard InChI is InChI=1S/C8H8ClN3O/c1-4(2)7-11-6(9)5(3-10)8(13)12-7/h4H,1-2H3,(H,11,12,13). The third-order valence-corrected chi connectivity index (χ3v) is 1.83. The Balaban J connectivity index is 3.40. The Morgan fingerprint density at radius 1 is 1.62 bits per heavy atom. The second-order valence-corrected chi connectivity index (χ2v) is 3.24. The molecule has 0 bridgehead atoms. The van der Waals surface area contributed by atoms with Crippen LogP contribution in [0.3, 0.4) is 0 Å². The first-order chi connectivity index (χ1) is 6.06. The molecule has 5 heteroatoms. The molecule has 0 spiro atoms. The molecule has 0 atom stereocenters. The summed E-state index contributed by atoms with van der Waals surface area (Å²) in [4.78, 5) is 17.6. The van der Waals surface area contributed by atoms with Gasteiger partial charge in [0.1, 0.15) is 11.9 Å². The van der Waals surface area contributed by atoms with Crippen LogP contribution in [-0.4, -0.2) is 9.97 Å². The number of nitriles is 1. The summed E-state index contributed by atoms with van der Waals surface area (Å²) in [6, 6.07) is 1.69. The smallest absolute Gasteiger partial charge is 0.270 e. The van der Waals surface area contributed by atoms with Gasteiger partial charge in [-0.1, -0.05) is 25.4 Å². The minimum Gasteiger partial charge on any atom is -0.309 e. The quantitative estimate of drug-likeness (QED) is 0.693. The van der Waals surface area contributed by atoms with Crippen molar-refractivity contribution in [3.8, 4) is 6.07 Å². The molecular formula is C8H8ClN3O. The maximum absolute atomic E-state index is 11.2. The molecule has 0 saturated carbocycles. The lowest BCUT2D eigenvalue weighted by Gasteiger charge is -2.03. The van der Waals surface area contributed by atoms with Gasteiger partial charge in [0.2, 0.25) is 0 Å². The van der Waals surface area contributed by atoms with Gasteiger partial charge in [-0.25, -0.2) is 4.98 Å². The first-order valence-corrected chi connectivity index (χ1v) is 4.14. The van der Waals surface area contributed by atoms with Crippen molar-refractivity contribution >= 4 is 11.6 Å². The molecule has 0 saturated heterocycles. The molecule has 1 rings (SSSR count). The van der Waals surface area contributed by atoms with E-state index in [-0.39, 0.29) is 16.6 Å². The molecule has 0 unspecified atom stereocenters. The Hall–Kier alpha value is -1.34. The Bertz CT molecular complexity index is 416. The molecule has 0 amide bonds. The van der Waals surface area contributed by atoms with Crippen LogP contribution in [-0.2, 0) is 0 Å². The van der Waals surface area contributed by atoms with Crippen molar-refractivity contribution in [1.29, 1.82) is 5.26 Å². The maximum Gasteiger partial charge on any atom is 0.270 e.